The van der Waals surface area contributed by atoms with Crippen LogP contribution in [0.4, 0.5) is 0 Å². The summed E-state index contributed by atoms with van der Waals surface area (Å²) in [6, 6.07) is 10.1. The van der Waals surface area contributed by atoms with Crippen molar-refractivity contribution in [2.45, 2.75) is 19.4 Å². The first-order valence-electron chi connectivity index (χ1n) is 6.39. The monoisotopic (exact) mass is 416 g/mol. The molecule has 1 heterocycles. The highest BCUT2D eigenvalue weighted by Gasteiger charge is 2.16. The van der Waals surface area contributed by atoms with Crippen molar-refractivity contribution in [1.82, 2.24) is 10.3 Å². The molecule has 0 bridgehead atoms. The summed E-state index contributed by atoms with van der Waals surface area (Å²) in [5.41, 5.74) is 2.20. The molecule has 0 aliphatic heterocycles. The van der Waals surface area contributed by atoms with E-state index in [2.05, 4.69) is 55.2 Å². The van der Waals surface area contributed by atoms with E-state index in [1.807, 2.05) is 30.5 Å². The molecule has 0 aliphatic rings. The fourth-order valence-electron chi connectivity index (χ4n) is 2.09. The number of halogens is 3. The van der Waals surface area contributed by atoms with Gasteiger partial charge in [0.15, 0.2) is 0 Å². The fourth-order valence-corrected chi connectivity index (χ4v) is 3.57. The summed E-state index contributed by atoms with van der Waals surface area (Å²) >= 11 is 13.1. The third-order valence-corrected chi connectivity index (χ3v) is 4.25. The minimum absolute atomic E-state index is 0.154. The Kier molecular flexibility index (Phi) is 6.02. The summed E-state index contributed by atoms with van der Waals surface area (Å²) in [6.07, 6.45) is 2.67. The second kappa shape index (κ2) is 7.55. The predicted octanol–water partition coefficient (Wildman–Crippen LogP) is 5.15. The summed E-state index contributed by atoms with van der Waals surface area (Å²) in [6.45, 7) is 2.98. The van der Waals surface area contributed by atoms with Gasteiger partial charge in [0.2, 0.25) is 0 Å². The van der Waals surface area contributed by atoms with Crippen LogP contribution in [0.5, 0.6) is 0 Å². The quantitative estimate of drug-likeness (QED) is 0.726. The van der Waals surface area contributed by atoms with Crippen molar-refractivity contribution in [3.8, 4) is 0 Å². The Morgan fingerprint density at radius 2 is 2.10 bits per heavy atom. The average Bonchev–Trinajstić information content (AvgIpc) is 2.38. The molecule has 1 aromatic heterocycles. The lowest BCUT2D eigenvalue weighted by Gasteiger charge is -2.19. The second-order valence-electron chi connectivity index (χ2n) is 4.46. The maximum atomic E-state index is 6.05. The molecule has 0 amide bonds. The maximum Gasteiger partial charge on any atom is 0.0719 e. The highest BCUT2D eigenvalue weighted by molar-refractivity contribution is 9.11. The number of hydrogen-bond donors (Lipinski definition) is 1. The standard InChI is InChI=1S/C15H15Br2ClN2/c1-2-19-14(7-10-4-3-5-12(18)6-10)15-13(17)8-11(16)9-20-15/h3-6,8-9,14,19H,2,7H2,1H3. The zero-order chi connectivity index (χ0) is 14.5. The smallest absolute Gasteiger partial charge is 0.0719 e. The van der Waals surface area contributed by atoms with Gasteiger partial charge in [-0.2, -0.15) is 0 Å². The Labute approximate surface area is 141 Å². The Hall–Kier alpha value is -0.420. The molecule has 2 rings (SSSR count). The number of nitrogens with zero attached hydrogens (tertiary/aromatic N) is 1. The van der Waals surface area contributed by atoms with Crippen LogP contribution in [-0.2, 0) is 6.42 Å². The van der Waals surface area contributed by atoms with Crippen LogP contribution in [-0.4, -0.2) is 11.5 Å². The Morgan fingerprint density at radius 1 is 1.30 bits per heavy atom. The molecule has 0 spiro atoms. The van der Waals surface area contributed by atoms with Crippen LogP contribution < -0.4 is 5.32 Å². The molecular weight excluding hydrogens is 403 g/mol. The molecule has 2 nitrogen and oxygen atoms in total. The van der Waals surface area contributed by atoms with E-state index < -0.39 is 0 Å². The highest BCUT2D eigenvalue weighted by Crippen LogP contribution is 2.27. The van der Waals surface area contributed by atoms with E-state index in [9.17, 15) is 0 Å². The SMILES string of the molecule is CCNC(Cc1cccc(Cl)c1)c1ncc(Br)cc1Br. The first kappa shape index (κ1) is 16.0. The molecule has 1 atom stereocenters. The average molecular weight is 419 g/mol. The van der Waals surface area contributed by atoms with Gasteiger partial charge < -0.3 is 5.32 Å². The van der Waals surface area contributed by atoms with Crippen LogP contribution in [0.15, 0.2) is 45.5 Å². The number of likely N-dealkylation sites (N-methyl/N-ethyl adjacent to an activating group) is 1. The molecule has 1 N–H and O–H groups in total. The van der Waals surface area contributed by atoms with E-state index in [0.717, 1.165) is 32.6 Å². The van der Waals surface area contributed by atoms with Gasteiger partial charge in [-0.25, -0.2) is 0 Å². The normalized spacial score (nSPS) is 12.4. The van der Waals surface area contributed by atoms with Crippen LogP contribution in [0, 0.1) is 0 Å². The molecule has 0 aliphatic carbocycles. The highest BCUT2D eigenvalue weighted by atomic mass is 79.9. The number of hydrogen-bond acceptors (Lipinski definition) is 2. The maximum absolute atomic E-state index is 6.05. The lowest BCUT2D eigenvalue weighted by molar-refractivity contribution is 0.534. The molecular formula is C15H15Br2ClN2. The molecule has 0 fully saturated rings. The van der Waals surface area contributed by atoms with E-state index in [1.165, 1.54) is 5.56 Å². The van der Waals surface area contributed by atoms with Crippen molar-refractivity contribution in [3.63, 3.8) is 0 Å². The van der Waals surface area contributed by atoms with Gasteiger partial charge in [-0.1, -0.05) is 30.7 Å². The zero-order valence-corrected chi connectivity index (χ0v) is 15.0. The summed E-state index contributed by atoms with van der Waals surface area (Å²) in [5.74, 6) is 0. The molecule has 20 heavy (non-hydrogen) atoms. The van der Waals surface area contributed by atoms with Gasteiger partial charge in [0.1, 0.15) is 0 Å². The van der Waals surface area contributed by atoms with E-state index in [4.69, 9.17) is 11.6 Å². The van der Waals surface area contributed by atoms with Gasteiger partial charge in [-0.05, 0) is 68.6 Å². The van der Waals surface area contributed by atoms with Crippen molar-refractivity contribution in [1.29, 1.82) is 0 Å². The van der Waals surface area contributed by atoms with E-state index in [-0.39, 0.29) is 6.04 Å². The third-order valence-electron chi connectivity index (χ3n) is 2.95. The van der Waals surface area contributed by atoms with Gasteiger partial charge in [-0.15, -0.1) is 0 Å². The molecule has 106 valence electrons. The van der Waals surface area contributed by atoms with E-state index in [1.54, 1.807) is 0 Å². The summed E-state index contributed by atoms with van der Waals surface area (Å²) in [4.78, 5) is 4.53. The van der Waals surface area contributed by atoms with Crippen LogP contribution in [0.2, 0.25) is 5.02 Å². The molecule has 1 unspecified atom stereocenters. The summed E-state index contributed by atoms with van der Waals surface area (Å²) in [5, 5.41) is 4.24. The minimum Gasteiger partial charge on any atom is -0.309 e. The molecule has 0 saturated carbocycles. The van der Waals surface area contributed by atoms with Gasteiger partial charge >= 0.3 is 0 Å². The number of pyridine rings is 1. The number of benzene rings is 1. The molecule has 0 saturated heterocycles. The largest absolute Gasteiger partial charge is 0.309 e. The van der Waals surface area contributed by atoms with Gasteiger partial charge in [0, 0.05) is 20.2 Å². The van der Waals surface area contributed by atoms with Crippen LogP contribution >= 0.6 is 43.5 Å². The third kappa shape index (κ3) is 4.29. The van der Waals surface area contributed by atoms with Crippen molar-refractivity contribution < 1.29 is 0 Å². The van der Waals surface area contributed by atoms with Crippen molar-refractivity contribution in [3.05, 3.63) is 61.8 Å². The summed E-state index contributed by atoms with van der Waals surface area (Å²) in [7, 11) is 0. The second-order valence-corrected chi connectivity index (χ2v) is 6.67. The minimum atomic E-state index is 0.154. The van der Waals surface area contributed by atoms with Gasteiger partial charge in [-0.3, -0.25) is 4.98 Å². The Balaban J connectivity index is 2.26. The molecule has 1 aromatic carbocycles. The van der Waals surface area contributed by atoms with Crippen molar-refractivity contribution in [2.24, 2.45) is 0 Å². The molecule has 5 heteroatoms. The topological polar surface area (TPSA) is 24.9 Å². The number of nitrogens with one attached hydrogen (secondary N) is 1. The van der Waals surface area contributed by atoms with Gasteiger partial charge in [0.25, 0.3) is 0 Å². The lowest BCUT2D eigenvalue weighted by Crippen LogP contribution is -2.24. The van der Waals surface area contributed by atoms with Gasteiger partial charge in [0.05, 0.1) is 11.7 Å². The first-order chi connectivity index (χ1) is 9.60. The molecule has 2 aromatic rings. The number of rotatable bonds is 5. The van der Waals surface area contributed by atoms with Crippen LogP contribution in [0.25, 0.3) is 0 Å². The summed E-state index contributed by atoms with van der Waals surface area (Å²) < 4.78 is 1.96. The van der Waals surface area contributed by atoms with Crippen LogP contribution in [0.1, 0.15) is 24.2 Å². The fraction of sp³-hybridized carbons (Fsp3) is 0.267. The van der Waals surface area contributed by atoms with Crippen molar-refractivity contribution >= 4 is 43.5 Å². The zero-order valence-electron chi connectivity index (χ0n) is 11.0. The molecule has 0 radical (unpaired) electrons. The Bertz CT molecular complexity index is 590. The Morgan fingerprint density at radius 3 is 2.75 bits per heavy atom. The number of aromatic nitrogens is 1. The lowest BCUT2D eigenvalue weighted by atomic mass is 10.0. The van der Waals surface area contributed by atoms with Crippen molar-refractivity contribution in [2.75, 3.05) is 6.54 Å². The van der Waals surface area contributed by atoms with E-state index in [0.29, 0.717) is 0 Å². The van der Waals surface area contributed by atoms with Crippen LogP contribution in [0.3, 0.4) is 0 Å². The first-order valence-corrected chi connectivity index (χ1v) is 8.35. The predicted molar refractivity (Wildman–Crippen MR) is 91.2 cm³/mol. The van der Waals surface area contributed by atoms with E-state index >= 15 is 0 Å².